The van der Waals surface area contributed by atoms with Crippen LogP contribution in [-0.4, -0.2) is 30.1 Å². The van der Waals surface area contributed by atoms with E-state index in [9.17, 15) is 4.39 Å². The lowest BCUT2D eigenvalue weighted by Gasteiger charge is -2.37. The molecular weight excluding hydrogens is 251 g/mol. The molecule has 18 heavy (non-hydrogen) atoms. The Balaban J connectivity index is 0.00000162. The zero-order valence-electron chi connectivity index (χ0n) is 11.2. The van der Waals surface area contributed by atoms with Gasteiger partial charge in [0.1, 0.15) is 5.82 Å². The Labute approximate surface area is 115 Å². The first-order chi connectivity index (χ1) is 8.06. The first-order valence-corrected chi connectivity index (χ1v) is 6.28. The second-order valence-electron chi connectivity index (χ2n) is 5.17. The maximum atomic E-state index is 13.5. The van der Waals surface area contributed by atoms with Crippen LogP contribution in [0.3, 0.4) is 0 Å². The number of piperazine rings is 1. The number of hydrogen-bond donors (Lipinski definition) is 1. The fourth-order valence-corrected chi connectivity index (χ4v) is 2.29. The lowest BCUT2D eigenvalue weighted by atomic mass is 10.1. The van der Waals surface area contributed by atoms with E-state index in [1.54, 1.807) is 13.0 Å². The van der Waals surface area contributed by atoms with E-state index in [4.69, 9.17) is 0 Å². The predicted molar refractivity (Wildman–Crippen MR) is 75.7 cm³/mol. The van der Waals surface area contributed by atoms with E-state index in [0.717, 1.165) is 30.8 Å². The van der Waals surface area contributed by atoms with Crippen LogP contribution in [0.15, 0.2) is 18.2 Å². The van der Waals surface area contributed by atoms with Gasteiger partial charge in [-0.15, -0.1) is 12.4 Å². The molecule has 2 nitrogen and oxygen atoms in total. The number of hydrogen-bond acceptors (Lipinski definition) is 2. The average molecular weight is 273 g/mol. The average Bonchev–Trinajstić information content (AvgIpc) is 2.29. The van der Waals surface area contributed by atoms with Crippen LogP contribution in [-0.2, 0) is 6.54 Å². The number of nitrogens with zero attached hydrogens (tertiary/aromatic N) is 1. The van der Waals surface area contributed by atoms with Crippen molar-refractivity contribution >= 4 is 12.4 Å². The lowest BCUT2D eigenvalue weighted by Crippen LogP contribution is -2.53. The summed E-state index contributed by atoms with van der Waals surface area (Å²) in [5, 5.41) is 3.45. The van der Waals surface area contributed by atoms with Crippen LogP contribution in [0, 0.1) is 12.7 Å². The number of aryl methyl sites for hydroxylation is 1. The molecule has 1 saturated heterocycles. The van der Waals surface area contributed by atoms with Gasteiger partial charge >= 0.3 is 0 Å². The Morgan fingerprint density at radius 1 is 1.39 bits per heavy atom. The number of nitrogens with one attached hydrogen (secondary N) is 1. The molecule has 1 aliphatic heterocycles. The third-order valence-corrected chi connectivity index (χ3v) is 3.52. The van der Waals surface area contributed by atoms with Gasteiger partial charge in [0.25, 0.3) is 0 Å². The van der Waals surface area contributed by atoms with Gasteiger partial charge < -0.3 is 5.32 Å². The van der Waals surface area contributed by atoms with Crippen molar-refractivity contribution in [1.82, 2.24) is 10.2 Å². The first kappa shape index (κ1) is 15.4. The number of benzene rings is 1. The molecule has 1 fully saturated rings. The van der Waals surface area contributed by atoms with Gasteiger partial charge in [0.2, 0.25) is 0 Å². The molecule has 2 unspecified atom stereocenters. The molecular formula is C14H22ClFN2. The molecule has 0 bridgehead atoms. The van der Waals surface area contributed by atoms with E-state index in [2.05, 4.69) is 24.1 Å². The van der Waals surface area contributed by atoms with Crippen LogP contribution in [0.1, 0.15) is 25.0 Å². The Hall–Kier alpha value is -0.640. The zero-order chi connectivity index (χ0) is 12.4. The van der Waals surface area contributed by atoms with Gasteiger partial charge in [-0.05, 0) is 38.0 Å². The molecule has 102 valence electrons. The summed E-state index contributed by atoms with van der Waals surface area (Å²) in [7, 11) is 0. The van der Waals surface area contributed by atoms with Crippen LogP contribution in [0.2, 0.25) is 0 Å². The Morgan fingerprint density at radius 3 is 2.78 bits per heavy atom. The highest BCUT2D eigenvalue weighted by atomic mass is 35.5. The maximum absolute atomic E-state index is 13.5. The Morgan fingerprint density at radius 2 is 2.11 bits per heavy atom. The third-order valence-electron chi connectivity index (χ3n) is 3.52. The molecule has 1 aromatic rings. The van der Waals surface area contributed by atoms with Crippen LogP contribution < -0.4 is 5.32 Å². The highest BCUT2D eigenvalue weighted by Gasteiger charge is 2.22. The molecule has 0 aromatic heterocycles. The number of rotatable bonds is 2. The summed E-state index contributed by atoms with van der Waals surface area (Å²) in [5.41, 5.74) is 1.78. The molecule has 2 rings (SSSR count). The van der Waals surface area contributed by atoms with Crippen molar-refractivity contribution < 1.29 is 4.39 Å². The standard InChI is InChI=1S/C14H21FN2.ClH/c1-10-4-5-13(6-14(10)15)9-17-8-11(2)16-7-12(17)3;/h4-6,11-12,16H,7-9H2,1-3H3;1H. The van der Waals surface area contributed by atoms with Gasteiger partial charge in [0.05, 0.1) is 0 Å². The monoisotopic (exact) mass is 272 g/mol. The smallest absolute Gasteiger partial charge is 0.126 e. The fraction of sp³-hybridized carbons (Fsp3) is 0.571. The van der Waals surface area contributed by atoms with E-state index < -0.39 is 0 Å². The van der Waals surface area contributed by atoms with E-state index in [0.29, 0.717) is 12.1 Å². The SMILES string of the molecule is Cc1ccc(CN2CC(C)NCC2C)cc1F.Cl. The summed E-state index contributed by atoms with van der Waals surface area (Å²) >= 11 is 0. The highest BCUT2D eigenvalue weighted by Crippen LogP contribution is 2.15. The van der Waals surface area contributed by atoms with Crippen molar-refractivity contribution in [3.05, 3.63) is 35.1 Å². The van der Waals surface area contributed by atoms with Gasteiger partial charge in [-0.2, -0.15) is 0 Å². The summed E-state index contributed by atoms with van der Waals surface area (Å²) < 4.78 is 13.5. The Bertz CT molecular complexity index is 397. The molecule has 1 aliphatic rings. The molecule has 0 radical (unpaired) electrons. The van der Waals surface area contributed by atoms with Crippen molar-refractivity contribution in [1.29, 1.82) is 0 Å². The van der Waals surface area contributed by atoms with Gasteiger partial charge in [-0.25, -0.2) is 4.39 Å². The molecule has 0 spiro atoms. The maximum Gasteiger partial charge on any atom is 0.126 e. The molecule has 0 amide bonds. The minimum Gasteiger partial charge on any atom is -0.311 e. The molecule has 1 N–H and O–H groups in total. The second-order valence-corrected chi connectivity index (χ2v) is 5.17. The summed E-state index contributed by atoms with van der Waals surface area (Å²) in [5.74, 6) is -0.0988. The molecule has 0 saturated carbocycles. The molecule has 2 atom stereocenters. The largest absolute Gasteiger partial charge is 0.311 e. The van der Waals surface area contributed by atoms with Gasteiger partial charge in [-0.1, -0.05) is 12.1 Å². The molecule has 4 heteroatoms. The normalized spacial score (nSPS) is 24.7. The van der Waals surface area contributed by atoms with E-state index in [-0.39, 0.29) is 18.2 Å². The van der Waals surface area contributed by atoms with Gasteiger partial charge in [-0.3, -0.25) is 4.90 Å². The highest BCUT2D eigenvalue weighted by molar-refractivity contribution is 5.85. The van der Waals surface area contributed by atoms with Crippen molar-refractivity contribution in [2.24, 2.45) is 0 Å². The summed E-state index contributed by atoms with van der Waals surface area (Å²) in [4.78, 5) is 2.41. The van der Waals surface area contributed by atoms with E-state index in [1.807, 2.05) is 12.1 Å². The van der Waals surface area contributed by atoms with Gasteiger partial charge in [0, 0.05) is 31.7 Å². The van der Waals surface area contributed by atoms with Crippen molar-refractivity contribution in [3.8, 4) is 0 Å². The van der Waals surface area contributed by atoms with Crippen molar-refractivity contribution in [3.63, 3.8) is 0 Å². The van der Waals surface area contributed by atoms with E-state index in [1.165, 1.54) is 0 Å². The van der Waals surface area contributed by atoms with Crippen LogP contribution in [0.25, 0.3) is 0 Å². The molecule has 1 heterocycles. The van der Waals surface area contributed by atoms with Gasteiger partial charge in [0.15, 0.2) is 0 Å². The van der Waals surface area contributed by atoms with E-state index >= 15 is 0 Å². The first-order valence-electron chi connectivity index (χ1n) is 6.28. The Kier molecular flexibility index (Phi) is 5.57. The summed E-state index contributed by atoms with van der Waals surface area (Å²) in [6, 6.07) is 6.57. The van der Waals surface area contributed by atoms with Crippen LogP contribution in [0.4, 0.5) is 4.39 Å². The quantitative estimate of drug-likeness (QED) is 0.891. The molecule has 0 aliphatic carbocycles. The fourth-order valence-electron chi connectivity index (χ4n) is 2.29. The minimum absolute atomic E-state index is 0. The predicted octanol–water partition coefficient (Wildman–Crippen LogP) is 2.74. The minimum atomic E-state index is -0.0988. The number of halogens is 2. The lowest BCUT2D eigenvalue weighted by molar-refractivity contribution is 0.138. The topological polar surface area (TPSA) is 15.3 Å². The van der Waals surface area contributed by atoms with Crippen LogP contribution >= 0.6 is 12.4 Å². The van der Waals surface area contributed by atoms with Crippen molar-refractivity contribution in [2.45, 2.75) is 39.4 Å². The summed E-state index contributed by atoms with van der Waals surface area (Å²) in [6.45, 7) is 9.07. The zero-order valence-corrected chi connectivity index (χ0v) is 12.1. The second kappa shape index (κ2) is 6.50. The van der Waals surface area contributed by atoms with Crippen molar-refractivity contribution in [2.75, 3.05) is 13.1 Å². The van der Waals surface area contributed by atoms with Crippen LogP contribution in [0.5, 0.6) is 0 Å². The summed E-state index contributed by atoms with van der Waals surface area (Å²) in [6.07, 6.45) is 0. The third kappa shape index (κ3) is 3.67. The molecule has 1 aromatic carbocycles.